The van der Waals surface area contributed by atoms with Gasteiger partial charge in [-0.2, -0.15) is 0 Å². The molecule has 146 valence electrons. The summed E-state index contributed by atoms with van der Waals surface area (Å²) in [5.41, 5.74) is 0.939. The molecule has 0 saturated carbocycles. The van der Waals surface area contributed by atoms with Gasteiger partial charge in [0.05, 0.1) is 31.2 Å². The van der Waals surface area contributed by atoms with Crippen LogP contribution in [-0.2, 0) is 22.6 Å². The molecule has 1 amide bonds. The molecular weight excluding hydrogens is 378 g/mol. The smallest absolute Gasteiger partial charge is 0.230 e. The van der Waals surface area contributed by atoms with Crippen LogP contribution in [0, 0.1) is 0 Å². The fraction of sp³-hybridized carbons (Fsp3) is 0.368. The summed E-state index contributed by atoms with van der Waals surface area (Å²) < 4.78 is 13.1. The van der Waals surface area contributed by atoms with E-state index in [0.29, 0.717) is 18.2 Å². The zero-order chi connectivity index (χ0) is 19.2. The van der Waals surface area contributed by atoms with Gasteiger partial charge in [-0.1, -0.05) is 11.8 Å². The fourth-order valence-electron chi connectivity index (χ4n) is 3.05. The molecule has 0 spiro atoms. The van der Waals surface area contributed by atoms with Crippen LogP contribution >= 0.6 is 11.8 Å². The molecular formula is C19H21N5O3S. The van der Waals surface area contributed by atoms with Crippen molar-refractivity contribution < 1.29 is 13.9 Å². The minimum Gasteiger partial charge on any atom is -0.467 e. The highest BCUT2D eigenvalue weighted by atomic mass is 32.2. The first-order valence-electron chi connectivity index (χ1n) is 9.16. The van der Waals surface area contributed by atoms with Crippen molar-refractivity contribution in [2.75, 3.05) is 12.4 Å². The van der Waals surface area contributed by atoms with Gasteiger partial charge < -0.3 is 14.5 Å². The normalized spacial score (nSPS) is 16.4. The van der Waals surface area contributed by atoms with Gasteiger partial charge in [0.15, 0.2) is 11.0 Å². The fourth-order valence-corrected chi connectivity index (χ4v) is 3.82. The van der Waals surface area contributed by atoms with E-state index in [1.54, 1.807) is 24.7 Å². The minimum atomic E-state index is -0.0847. The zero-order valence-corrected chi connectivity index (χ0v) is 16.1. The highest BCUT2D eigenvalue weighted by Gasteiger charge is 2.22. The molecule has 3 aromatic rings. The Morgan fingerprint density at radius 1 is 1.29 bits per heavy atom. The molecule has 4 rings (SSSR count). The first-order chi connectivity index (χ1) is 13.8. The molecule has 9 heteroatoms. The second kappa shape index (κ2) is 9.03. The number of amides is 1. The van der Waals surface area contributed by atoms with Crippen LogP contribution in [0.25, 0.3) is 11.4 Å². The number of ether oxygens (including phenoxy) is 1. The van der Waals surface area contributed by atoms with Crippen LogP contribution in [0.5, 0.6) is 0 Å². The molecule has 1 unspecified atom stereocenters. The number of pyridine rings is 1. The Labute approximate surface area is 166 Å². The van der Waals surface area contributed by atoms with Crippen molar-refractivity contribution in [2.24, 2.45) is 0 Å². The van der Waals surface area contributed by atoms with E-state index < -0.39 is 0 Å². The third-order valence-corrected chi connectivity index (χ3v) is 5.40. The minimum absolute atomic E-state index is 0.0847. The highest BCUT2D eigenvalue weighted by molar-refractivity contribution is 7.99. The van der Waals surface area contributed by atoms with E-state index in [1.807, 2.05) is 22.8 Å². The maximum absolute atomic E-state index is 12.2. The monoisotopic (exact) mass is 399 g/mol. The van der Waals surface area contributed by atoms with Gasteiger partial charge in [-0.3, -0.25) is 14.3 Å². The van der Waals surface area contributed by atoms with Gasteiger partial charge in [0, 0.05) is 24.6 Å². The Morgan fingerprint density at radius 3 is 2.93 bits per heavy atom. The number of rotatable bonds is 8. The number of aromatic nitrogens is 4. The molecule has 8 nitrogen and oxygen atoms in total. The van der Waals surface area contributed by atoms with Crippen molar-refractivity contribution in [3.05, 3.63) is 48.7 Å². The first kappa shape index (κ1) is 18.7. The molecule has 1 N–H and O–H groups in total. The molecule has 28 heavy (non-hydrogen) atoms. The quantitative estimate of drug-likeness (QED) is 0.582. The standard InChI is InChI=1S/C19H21N5O3S/c25-17(21-11-15-3-1-9-26-15)13-28-19-23-22-18(14-5-7-20-8-6-14)24(19)12-16-4-2-10-27-16/h1,3,5-9,16H,2,4,10-13H2,(H,21,25). The van der Waals surface area contributed by atoms with Crippen molar-refractivity contribution >= 4 is 17.7 Å². The zero-order valence-electron chi connectivity index (χ0n) is 15.3. The number of hydrogen-bond donors (Lipinski definition) is 1. The maximum atomic E-state index is 12.2. The van der Waals surface area contributed by atoms with E-state index in [9.17, 15) is 4.79 Å². The van der Waals surface area contributed by atoms with Gasteiger partial charge in [-0.25, -0.2) is 0 Å². The lowest BCUT2D eigenvalue weighted by Gasteiger charge is -2.14. The Hall–Kier alpha value is -2.65. The molecule has 0 radical (unpaired) electrons. The molecule has 1 aliphatic heterocycles. The van der Waals surface area contributed by atoms with Crippen molar-refractivity contribution in [2.45, 2.75) is 37.2 Å². The van der Waals surface area contributed by atoms with Crippen LogP contribution in [0.1, 0.15) is 18.6 Å². The average molecular weight is 399 g/mol. The number of carbonyl (C=O) groups is 1. The highest BCUT2D eigenvalue weighted by Crippen LogP contribution is 2.26. The molecule has 4 heterocycles. The summed E-state index contributed by atoms with van der Waals surface area (Å²) in [5.74, 6) is 1.65. The van der Waals surface area contributed by atoms with Crippen molar-refractivity contribution in [3.63, 3.8) is 0 Å². The first-order valence-corrected chi connectivity index (χ1v) is 10.2. The maximum Gasteiger partial charge on any atom is 0.230 e. The molecule has 0 aromatic carbocycles. The van der Waals surface area contributed by atoms with E-state index in [0.717, 1.165) is 36.6 Å². The number of nitrogens with one attached hydrogen (secondary N) is 1. The predicted octanol–water partition coefficient (Wildman–Crippen LogP) is 2.52. The van der Waals surface area contributed by atoms with Crippen LogP contribution in [0.2, 0.25) is 0 Å². The Kier molecular flexibility index (Phi) is 6.03. The van der Waals surface area contributed by atoms with Gasteiger partial charge in [0.2, 0.25) is 5.91 Å². The van der Waals surface area contributed by atoms with Gasteiger partial charge in [0.1, 0.15) is 5.76 Å². The molecule has 1 saturated heterocycles. The second-order valence-electron chi connectivity index (χ2n) is 6.43. The SMILES string of the molecule is O=C(CSc1nnc(-c2ccncc2)n1CC1CCCO1)NCc1ccco1. The van der Waals surface area contributed by atoms with E-state index in [-0.39, 0.29) is 17.8 Å². The lowest BCUT2D eigenvalue weighted by Crippen LogP contribution is -2.24. The molecule has 1 aliphatic rings. The number of carbonyl (C=O) groups excluding carboxylic acids is 1. The molecule has 3 aromatic heterocycles. The van der Waals surface area contributed by atoms with Crippen LogP contribution in [-0.4, -0.2) is 44.1 Å². The van der Waals surface area contributed by atoms with Crippen LogP contribution < -0.4 is 5.32 Å². The number of furan rings is 1. The molecule has 0 bridgehead atoms. The predicted molar refractivity (Wildman–Crippen MR) is 104 cm³/mol. The summed E-state index contributed by atoms with van der Waals surface area (Å²) in [4.78, 5) is 16.2. The number of hydrogen-bond acceptors (Lipinski definition) is 7. The summed E-state index contributed by atoms with van der Waals surface area (Å²) in [6, 6.07) is 7.43. The van der Waals surface area contributed by atoms with Gasteiger partial charge in [0.25, 0.3) is 0 Å². The largest absolute Gasteiger partial charge is 0.467 e. The lowest BCUT2D eigenvalue weighted by molar-refractivity contribution is -0.118. The van der Waals surface area contributed by atoms with Crippen LogP contribution in [0.4, 0.5) is 0 Å². The molecule has 1 atom stereocenters. The molecule has 0 aliphatic carbocycles. The van der Waals surface area contributed by atoms with E-state index in [1.165, 1.54) is 11.8 Å². The van der Waals surface area contributed by atoms with E-state index >= 15 is 0 Å². The molecule has 1 fully saturated rings. The third-order valence-electron chi connectivity index (χ3n) is 4.44. The second-order valence-corrected chi connectivity index (χ2v) is 7.37. The van der Waals surface area contributed by atoms with Crippen LogP contribution in [0.15, 0.2) is 52.5 Å². The summed E-state index contributed by atoms with van der Waals surface area (Å²) in [6.07, 6.45) is 7.27. The van der Waals surface area contributed by atoms with E-state index in [2.05, 4.69) is 20.5 Å². The van der Waals surface area contributed by atoms with Crippen molar-refractivity contribution in [1.82, 2.24) is 25.1 Å². The van der Waals surface area contributed by atoms with Crippen molar-refractivity contribution in [3.8, 4) is 11.4 Å². The van der Waals surface area contributed by atoms with Crippen LogP contribution in [0.3, 0.4) is 0 Å². The van der Waals surface area contributed by atoms with Crippen molar-refractivity contribution in [1.29, 1.82) is 0 Å². The van der Waals surface area contributed by atoms with Gasteiger partial charge in [-0.05, 0) is 37.1 Å². The summed E-state index contributed by atoms with van der Waals surface area (Å²) in [7, 11) is 0. The summed E-state index contributed by atoms with van der Waals surface area (Å²) in [5, 5.41) is 12.2. The Bertz CT molecular complexity index is 892. The van der Waals surface area contributed by atoms with E-state index in [4.69, 9.17) is 9.15 Å². The number of nitrogens with zero attached hydrogens (tertiary/aromatic N) is 4. The van der Waals surface area contributed by atoms with Gasteiger partial charge >= 0.3 is 0 Å². The summed E-state index contributed by atoms with van der Waals surface area (Å²) in [6.45, 7) is 1.83. The Balaban J connectivity index is 1.44. The Morgan fingerprint density at radius 2 is 2.18 bits per heavy atom. The topological polar surface area (TPSA) is 95.1 Å². The lowest BCUT2D eigenvalue weighted by atomic mass is 10.2. The summed E-state index contributed by atoms with van der Waals surface area (Å²) >= 11 is 1.37. The van der Waals surface area contributed by atoms with Gasteiger partial charge in [-0.15, -0.1) is 10.2 Å². The third kappa shape index (κ3) is 4.60. The average Bonchev–Trinajstić information content (AvgIpc) is 3.48. The number of thioether (sulfide) groups is 1.